The van der Waals surface area contributed by atoms with Crippen molar-refractivity contribution in [1.82, 2.24) is 0 Å². The molecule has 2 aliphatic carbocycles. The third-order valence-electron chi connectivity index (χ3n) is 3.89. The fraction of sp³-hybridized carbons (Fsp3) is 0.833. The number of rotatable bonds is 4. The Morgan fingerprint density at radius 1 is 1.54 bits per heavy atom. The van der Waals surface area contributed by atoms with Crippen LogP contribution in [0.4, 0.5) is 0 Å². The lowest BCUT2D eigenvalue weighted by molar-refractivity contribution is 0.317. The Balaban J connectivity index is 1.69. The molecule has 0 heterocycles. The van der Waals surface area contributed by atoms with Crippen molar-refractivity contribution in [1.29, 1.82) is 0 Å². The predicted octanol–water partition coefficient (Wildman–Crippen LogP) is 2.43. The van der Waals surface area contributed by atoms with Crippen molar-refractivity contribution in [2.75, 3.05) is 6.54 Å². The number of fused-ring (bicyclic) bond motifs is 1. The smallest absolute Gasteiger partial charge is 0.00485 e. The second-order valence-corrected chi connectivity index (χ2v) is 5.04. The standard InChI is InChI=1S/C12H21N/c1-8(7-13)4-3-5-10-11-6-9(2)12(10)11/h3,5,8-12H,4,6-7,13H2,1-2H3/b5-3-. The molecule has 5 atom stereocenters. The zero-order chi connectivity index (χ0) is 9.42. The third-order valence-corrected chi connectivity index (χ3v) is 3.89. The van der Waals surface area contributed by atoms with Crippen LogP contribution in [-0.4, -0.2) is 6.54 Å². The van der Waals surface area contributed by atoms with Gasteiger partial charge in [0.25, 0.3) is 0 Å². The van der Waals surface area contributed by atoms with Crippen molar-refractivity contribution in [2.45, 2.75) is 26.7 Å². The molecule has 0 aliphatic heterocycles. The minimum Gasteiger partial charge on any atom is -0.330 e. The van der Waals surface area contributed by atoms with Gasteiger partial charge in [-0.25, -0.2) is 0 Å². The van der Waals surface area contributed by atoms with Crippen molar-refractivity contribution < 1.29 is 0 Å². The van der Waals surface area contributed by atoms with Gasteiger partial charge in [0.1, 0.15) is 0 Å². The fourth-order valence-corrected chi connectivity index (χ4v) is 2.77. The molecule has 74 valence electrons. The van der Waals surface area contributed by atoms with Gasteiger partial charge in [0.05, 0.1) is 0 Å². The zero-order valence-corrected chi connectivity index (χ0v) is 8.74. The van der Waals surface area contributed by atoms with Crippen LogP contribution in [0.15, 0.2) is 12.2 Å². The summed E-state index contributed by atoms with van der Waals surface area (Å²) in [5, 5.41) is 0. The van der Waals surface area contributed by atoms with Gasteiger partial charge in [-0.3, -0.25) is 0 Å². The van der Waals surface area contributed by atoms with Crippen molar-refractivity contribution in [2.24, 2.45) is 35.3 Å². The second-order valence-electron chi connectivity index (χ2n) is 5.04. The monoisotopic (exact) mass is 179 g/mol. The molecule has 0 aromatic rings. The highest BCUT2D eigenvalue weighted by molar-refractivity contribution is 5.16. The highest BCUT2D eigenvalue weighted by atomic mass is 14.6. The summed E-state index contributed by atoms with van der Waals surface area (Å²) >= 11 is 0. The Morgan fingerprint density at radius 2 is 2.31 bits per heavy atom. The Bertz CT molecular complexity index is 209. The average Bonchev–Trinajstić information content (AvgIpc) is 2.70. The van der Waals surface area contributed by atoms with Gasteiger partial charge in [0.15, 0.2) is 0 Å². The molecule has 0 aromatic heterocycles. The predicted molar refractivity (Wildman–Crippen MR) is 56.2 cm³/mol. The van der Waals surface area contributed by atoms with Crippen molar-refractivity contribution >= 4 is 0 Å². The van der Waals surface area contributed by atoms with Crippen molar-refractivity contribution in [3.63, 3.8) is 0 Å². The van der Waals surface area contributed by atoms with E-state index in [1.165, 1.54) is 12.8 Å². The number of hydrogen-bond acceptors (Lipinski definition) is 1. The molecule has 0 aromatic carbocycles. The lowest BCUT2D eigenvalue weighted by Gasteiger charge is -2.17. The first-order valence-electron chi connectivity index (χ1n) is 5.60. The summed E-state index contributed by atoms with van der Waals surface area (Å²) in [4.78, 5) is 0. The molecule has 0 amide bonds. The van der Waals surface area contributed by atoms with E-state index < -0.39 is 0 Å². The lowest BCUT2D eigenvalue weighted by atomic mass is 9.88. The second kappa shape index (κ2) is 3.45. The van der Waals surface area contributed by atoms with E-state index in [0.717, 1.165) is 30.2 Å². The summed E-state index contributed by atoms with van der Waals surface area (Å²) < 4.78 is 0. The first-order chi connectivity index (χ1) is 6.24. The van der Waals surface area contributed by atoms with E-state index in [0.29, 0.717) is 5.92 Å². The largest absolute Gasteiger partial charge is 0.330 e. The third kappa shape index (κ3) is 1.67. The maximum Gasteiger partial charge on any atom is -0.00485 e. The Labute approximate surface area is 81.4 Å². The maximum absolute atomic E-state index is 5.56. The minimum absolute atomic E-state index is 0.657. The Kier molecular flexibility index (Phi) is 2.46. The fourth-order valence-electron chi connectivity index (χ4n) is 2.77. The minimum atomic E-state index is 0.657. The van der Waals surface area contributed by atoms with Crippen LogP contribution in [0.25, 0.3) is 0 Å². The molecule has 2 aliphatic rings. The Morgan fingerprint density at radius 3 is 2.77 bits per heavy atom. The summed E-state index contributed by atoms with van der Waals surface area (Å²) in [6, 6.07) is 0. The summed E-state index contributed by atoms with van der Waals surface area (Å²) in [7, 11) is 0. The van der Waals surface area contributed by atoms with Gasteiger partial charge < -0.3 is 5.73 Å². The molecule has 2 fully saturated rings. The van der Waals surface area contributed by atoms with E-state index in [1.807, 2.05) is 0 Å². The molecule has 0 radical (unpaired) electrons. The lowest BCUT2D eigenvalue weighted by Crippen LogP contribution is -2.10. The molecule has 0 spiro atoms. The molecule has 2 saturated carbocycles. The maximum atomic E-state index is 5.56. The van der Waals surface area contributed by atoms with Crippen LogP contribution in [0.2, 0.25) is 0 Å². The topological polar surface area (TPSA) is 26.0 Å². The summed E-state index contributed by atoms with van der Waals surface area (Å²) in [5.74, 6) is 4.74. The van der Waals surface area contributed by atoms with Gasteiger partial charge in [-0.05, 0) is 49.0 Å². The van der Waals surface area contributed by atoms with E-state index in [9.17, 15) is 0 Å². The highest BCUT2D eigenvalue weighted by Gasteiger charge is 2.59. The average molecular weight is 179 g/mol. The van der Waals surface area contributed by atoms with Crippen LogP contribution >= 0.6 is 0 Å². The molecular formula is C12H21N. The highest BCUT2D eigenvalue weighted by Crippen LogP contribution is 2.65. The molecule has 2 rings (SSSR count). The summed E-state index contributed by atoms with van der Waals surface area (Å²) in [6.07, 6.45) is 7.45. The first kappa shape index (κ1) is 9.26. The van der Waals surface area contributed by atoms with Crippen LogP contribution < -0.4 is 5.73 Å². The van der Waals surface area contributed by atoms with Crippen LogP contribution in [0.1, 0.15) is 26.7 Å². The van der Waals surface area contributed by atoms with Gasteiger partial charge in [-0.2, -0.15) is 0 Å². The molecule has 1 nitrogen and oxygen atoms in total. The molecule has 0 bridgehead atoms. The van der Waals surface area contributed by atoms with E-state index in [-0.39, 0.29) is 0 Å². The number of nitrogens with two attached hydrogens (primary N) is 1. The number of allylic oxidation sites excluding steroid dienone is 2. The van der Waals surface area contributed by atoms with Crippen molar-refractivity contribution in [3.05, 3.63) is 12.2 Å². The van der Waals surface area contributed by atoms with Crippen molar-refractivity contribution in [3.8, 4) is 0 Å². The van der Waals surface area contributed by atoms with E-state index >= 15 is 0 Å². The summed E-state index contributed by atoms with van der Waals surface area (Å²) in [6.45, 7) is 5.42. The molecule has 1 heteroatoms. The van der Waals surface area contributed by atoms with Gasteiger partial charge in [-0.15, -0.1) is 0 Å². The normalized spacial score (nSPS) is 44.2. The van der Waals surface area contributed by atoms with Crippen LogP contribution in [0, 0.1) is 29.6 Å². The van der Waals surface area contributed by atoms with Crippen LogP contribution in [0.3, 0.4) is 0 Å². The SMILES string of the molecule is CC(CN)C/C=C\C1C2CC(C)C12. The van der Waals surface area contributed by atoms with Gasteiger partial charge in [0.2, 0.25) is 0 Å². The molecule has 5 unspecified atom stereocenters. The van der Waals surface area contributed by atoms with Gasteiger partial charge >= 0.3 is 0 Å². The quantitative estimate of drug-likeness (QED) is 0.659. The zero-order valence-electron chi connectivity index (χ0n) is 8.74. The van der Waals surface area contributed by atoms with E-state index in [2.05, 4.69) is 26.0 Å². The molecule has 2 N–H and O–H groups in total. The first-order valence-corrected chi connectivity index (χ1v) is 5.60. The molecule has 13 heavy (non-hydrogen) atoms. The van der Waals surface area contributed by atoms with Crippen LogP contribution in [0.5, 0.6) is 0 Å². The van der Waals surface area contributed by atoms with Gasteiger partial charge in [-0.1, -0.05) is 26.0 Å². The molecule has 0 saturated heterocycles. The molecular weight excluding hydrogens is 158 g/mol. The van der Waals surface area contributed by atoms with Gasteiger partial charge in [0, 0.05) is 0 Å². The summed E-state index contributed by atoms with van der Waals surface area (Å²) in [5.41, 5.74) is 5.56. The Hall–Kier alpha value is -0.300. The number of hydrogen-bond donors (Lipinski definition) is 1. The van der Waals surface area contributed by atoms with Crippen LogP contribution in [-0.2, 0) is 0 Å². The van der Waals surface area contributed by atoms with E-state index in [4.69, 9.17) is 5.73 Å². The van der Waals surface area contributed by atoms with E-state index in [1.54, 1.807) is 0 Å².